The molecule has 0 aromatic carbocycles. The summed E-state index contributed by atoms with van der Waals surface area (Å²) in [6, 6.07) is 3.47. The molecule has 1 heterocycles. The number of nitrogens with one attached hydrogen (secondary N) is 1. The highest BCUT2D eigenvalue weighted by Crippen LogP contribution is 2.29. The molecule has 0 fully saturated rings. The molecule has 0 atom stereocenters. The van der Waals surface area contributed by atoms with Crippen molar-refractivity contribution in [3.8, 4) is 0 Å². The van der Waals surface area contributed by atoms with Crippen LogP contribution in [0.1, 0.15) is 5.56 Å². The number of alkyl halides is 3. The average molecular weight is 293 g/mol. The van der Waals surface area contributed by atoms with Gasteiger partial charge in [-0.25, -0.2) is 4.98 Å². The van der Waals surface area contributed by atoms with Gasteiger partial charge in [0.25, 0.3) is 0 Å². The number of hydrogen-bond acceptors (Lipinski definition) is 4. The van der Waals surface area contributed by atoms with E-state index in [0.29, 0.717) is 5.82 Å². The summed E-state index contributed by atoms with van der Waals surface area (Å²) >= 11 is -0.351. The minimum absolute atomic E-state index is 0.151. The van der Waals surface area contributed by atoms with Crippen molar-refractivity contribution in [1.29, 1.82) is 0 Å². The van der Waals surface area contributed by atoms with E-state index in [0.717, 1.165) is 5.56 Å². The van der Waals surface area contributed by atoms with Crippen molar-refractivity contribution >= 4 is 23.5 Å². The molecular formula is C11H14F3N3OS. The third-order valence-electron chi connectivity index (χ3n) is 2.13. The van der Waals surface area contributed by atoms with E-state index in [1.54, 1.807) is 37.3 Å². The zero-order valence-electron chi connectivity index (χ0n) is 10.5. The second-order valence-corrected chi connectivity index (χ2v) is 4.93. The van der Waals surface area contributed by atoms with Crippen LogP contribution >= 0.6 is 11.8 Å². The lowest BCUT2D eigenvalue weighted by Gasteiger charge is -2.16. The fourth-order valence-corrected chi connectivity index (χ4v) is 1.76. The SMILES string of the molecule is CN(C)c1ncccc1CNC(=O)CSC(F)(F)F. The first-order valence-corrected chi connectivity index (χ1v) is 6.37. The zero-order chi connectivity index (χ0) is 14.5. The van der Waals surface area contributed by atoms with Gasteiger partial charge in [0.15, 0.2) is 0 Å². The van der Waals surface area contributed by atoms with Crippen LogP contribution in [0, 0.1) is 0 Å². The molecule has 0 aliphatic heterocycles. The highest BCUT2D eigenvalue weighted by atomic mass is 32.2. The Morgan fingerprint density at radius 2 is 2.16 bits per heavy atom. The van der Waals surface area contributed by atoms with E-state index < -0.39 is 17.2 Å². The normalized spacial score (nSPS) is 11.2. The van der Waals surface area contributed by atoms with Gasteiger partial charge in [-0.05, 0) is 17.8 Å². The molecule has 4 nitrogen and oxygen atoms in total. The number of pyridine rings is 1. The van der Waals surface area contributed by atoms with Gasteiger partial charge in [0, 0.05) is 32.4 Å². The monoisotopic (exact) mass is 293 g/mol. The molecule has 0 unspecified atom stereocenters. The molecular weight excluding hydrogens is 279 g/mol. The fraction of sp³-hybridized carbons (Fsp3) is 0.455. The van der Waals surface area contributed by atoms with E-state index in [2.05, 4.69) is 10.3 Å². The first-order chi connectivity index (χ1) is 8.79. The van der Waals surface area contributed by atoms with Gasteiger partial charge in [0.05, 0.1) is 5.75 Å². The molecule has 0 bridgehead atoms. The Morgan fingerprint density at radius 3 is 2.74 bits per heavy atom. The molecule has 19 heavy (non-hydrogen) atoms. The van der Waals surface area contributed by atoms with Crippen LogP contribution < -0.4 is 10.2 Å². The highest BCUT2D eigenvalue weighted by Gasteiger charge is 2.29. The molecule has 1 aromatic heterocycles. The van der Waals surface area contributed by atoms with Crippen molar-refractivity contribution in [1.82, 2.24) is 10.3 Å². The van der Waals surface area contributed by atoms with Gasteiger partial charge in [0.2, 0.25) is 5.91 Å². The van der Waals surface area contributed by atoms with Crippen LogP contribution in [0.5, 0.6) is 0 Å². The van der Waals surface area contributed by atoms with Crippen molar-refractivity contribution in [2.75, 3.05) is 24.7 Å². The quantitative estimate of drug-likeness (QED) is 0.902. The number of carbonyl (C=O) groups is 1. The molecule has 0 radical (unpaired) electrons. The van der Waals surface area contributed by atoms with Crippen LogP contribution in [0.25, 0.3) is 0 Å². The maximum atomic E-state index is 11.9. The predicted octanol–water partition coefficient (Wildman–Crippen LogP) is 2.02. The number of aromatic nitrogens is 1. The fourth-order valence-electron chi connectivity index (χ4n) is 1.36. The molecule has 1 rings (SSSR count). The van der Waals surface area contributed by atoms with Crippen LogP contribution in [0.15, 0.2) is 18.3 Å². The second kappa shape index (κ2) is 6.65. The van der Waals surface area contributed by atoms with Gasteiger partial charge in [-0.15, -0.1) is 0 Å². The summed E-state index contributed by atoms with van der Waals surface area (Å²) < 4.78 is 35.7. The van der Waals surface area contributed by atoms with Gasteiger partial charge in [0.1, 0.15) is 5.82 Å². The summed E-state index contributed by atoms with van der Waals surface area (Å²) in [5, 5.41) is 2.44. The van der Waals surface area contributed by atoms with E-state index in [4.69, 9.17) is 0 Å². The van der Waals surface area contributed by atoms with E-state index in [-0.39, 0.29) is 18.3 Å². The first kappa shape index (κ1) is 15.6. The van der Waals surface area contributed by atoms with Gasteiger partial charge in [-0.2, -0.15) is 13.2 Å². The Kier molecular flexibility index (Phi) is 5.46. The average Bonchev–Trinajstić information content (AvgIpc) is 2.33. The van der Waals surface area contributed by atoms with Gasteiger partial charge < -0.3 is 10.2 Å². The third-order valence-corrected chi connectivity index (χ3v) is 2.87. The smallest absolute Gasteiger partial charge is 0.362 e. The number of hydrogen-bond donors (Lipinski definition) is 1. The Balaban J connectivity index is 2.51. The predicted molar refractivity (Wildman–Crippen MR) is 68.9 cm³/mol. The summed E-state index contributed by atoms with van der Waals surface area (Å²) in [5.74, 6) is -0.622. The number of carbonyl (C=O) groups excluding carboxylic acids is 1. The number of nitrogens with zero attached hydrogens (tertiary/aromatic N) is 2. The molecule has 0 saturated carbocycles. The molecule has 1 aromatic rings. The van der Waals surface area contributed by atoms with E-state index in [1.165, 1.54) is 0 Å². The number of halogens is 3. The molecule has 0 spiro atoms. The van der Waals surface area contributed by atoms with Crippen molar-refractivity contribution in [2.24, 2.45) is 0 Å². The van der Waals surface area contributed by atoms with Crippen LogP contribution in [-0.4, -0.2) is 36.2 Å². The van der Waals surface area contributed by atoms with Crippen LogP contribution in [-0.2, 0) is 11.3 Å². The summed E-state index contributed by atoms with van der Waals surface area (Å²) in [7, 11) is 3.60. The molecule has 1 N–H and O–H groups in total. The zero-order valence-corrected chi connectivity index (χ0v) is 11.3. The lowest BCUT2D eigenvalue weighted by Crippen LogP contribution is -2.27. The molecule has 0 aliphatic carbocycles. The first-order valence-electron chi connectivity index (χ1n) is 5.38. The lowest BCUT2D eigenvalue weighted by atomic mass is 10.2. The van der Waals surface area contributed by atoms with Crippen molar-refractivity contribution in [3.05, 3.63) is 23.9 Å². The van der Waals surface area contributed by atoms with Gasteiger partial charge in [-0.1, -0.05) is 6.07 Å². The Morgan fingerprint density at radius 1 is 1.47 bits per heavy atom. The summed E-state index contributed by atoms with van der Waals surface area (Å²) in [6.07, 6.45) is 1.61. The van der Waals surface area contributed by atoms with Crippen LogP contribution in [0.3, 0.4) is 0 Å². The Labute approximate surface area is 113 Å². The highest BCUT2D eigenvalue weighted by molar-refractivity contribution is 8.00. The lowest BCUT2D eigenvalue weighted by molar-refractivity contribution is -0.119. The largest absolute Gasteiger partial charge is 0.442 e. The number of rotatable bonds is 5. The minimum atomic E-state index is -4.39. The number of amides is 1. The van der Waals surface area contributed by atoms with Crippen molar-refractivity contribution < 1.29 is 18.0 Å². The molecule has 1 amide bonds. The minimum Gasteiger partial charge on any atom is -0.362 e. The second-order valence-electron chi connectivity index (χ2n) is 3.89. The van der Waals surface area contributed by atoms with Crippen molar-refractivity contribution in [3.63, 3.8) is 0 Å². The molecule has 106 valence electrons. The topological polar surface area (TPSA) is 45.2 Å². The third kappa shape index (κ3) is 5.82. The van der Waals surface area contributed by atoms with Crippen molar-refractivity contribution in [2.45, 2.75) is 12.1 Å². The van der Waals surface area contributed by atoms with Crippen LogP contribution in [0.4, 0.5) is 19.0 Å². The molecule has 0 aliphatic rings. The van der Waals surface area contributed by atoms with Gasteiger partial charge in [-0.3, -0.25) is 4.79 Å². The maximum absolute atomic E-state index is 11.9. The molecule has 0 saturated heterocycles. The van der Waals surface area contributed by atoms with E-state index in [9.17, 15) is 18.0 Å². The standard InChI is InChI=1S/C11H14F3N3OS/c1-17(2)10-8(4-3-5-15-10)6-16-9(18)7-19-11(12,13)14/h3-5H,6-7H2,1-2H3,(H,16,18). The van der Waals surface area contributed by atoms with E-state index >= 15 is 0 Å². The summed E-state index contributed by atoms with van der Waals surface area (Å²) in [4.78, 5) is 17.2. The number of anilines is 1. The Bertz CT molecular complexity index is 437. The Hall–Kier alpha value is -1.44. The molecule has 8 heteroatoms. The van der Waals surface area contributed by atoms with Crippen LogP contribution in [0.2, 0.25) is 0 Å². The number of thioether (sulfide) groups is 1. The summed E-state index contributed by atoms with van der Waals surface area (Å²) in [5.41, 5.74) is -3.64. The van der Waals surface area contributed by atoms with Gasteiger partial charge >= 0.3 is 5.51 Å². The maximum Gasteiger partial charge on any atom is 0.442 e. The summed E-state index contributed by atoms with van der Waals surface area (Å²) in [6.45, 7) is 0.151. The van der Waals surface area contributed by atoms with E-state index in [1.807, 2.05) is 0 Å².